The van der Waals surface area contributed by atoms with Gasteiger partial charge in [-0.25, -0.2) is 4.98 Å². The van der Waals surface area contributed by atoms with E-state index in [9.17, 15) is 14.7 Å². The van der Waals surface area contributed by atoms with Crippen LogP contribution in [0.4, 0.5) is 0 Å². The molecule has 114 valence electrons. The van der Waals surface area contributed by atoms with E-state index in [2.05, 4.69) is 10.3 Å². The highest BCUT2D eigenvalue weighted by Crippen LogP contribution is 2.23. The maximum atomic E-state index is 12.2. The van der Waals surface area contributed by atoms with Crippen molar-refractivity contribution in [2.75, 3.05) is 0 Å². The predicted octanol–water partition coefficient (Wildman–Crippen LogP) is 2.89. The molecule has 2 unspecified atom stereocenters. The van der Waals surface area contributed by atoms with Crippen LogP contribution in [-0.2, 0) is 4.79 Å². The second kappa shape index (κ2) is 7.41. The lowest BCUT2D eigenvalue weighted by Crippen LogP contribution is -2.44. The summed E-state index contributed by atoms with van der Waals surface area (Å²) in [4.78, 5) is 27.6. The third-order valence-corrected chi connectivity index (χ3v) is 4.08. The lowest BCUT2D eigenvalue weighted by Gasteiger charge is -2.27. The molecule has 2 atom stereocenters. The SMILES string of the molecule is O=C(NC1CCCCCCC1C(=O)O)c1ccc(Cl)cn1. The number of aromatic nitrogens is 1. The van der Waals surface area contributed by atoms with Crippen LogP contribution in [-0.4, -0.2) is 28.0 Å². The molecule has 2 rings (SSSR count). The molecule has 0 radical (unpaired) electrons. The van der Waals surface area contributed by atoms with Gasteiger partial charge in [0.25, 0.3) is 5.91 Å². The van der Waals surface area contributed by atoms with Crippen molar-refractivity contribution < 1.29 is 14.7 Å². The Labute approximate surface area is 128 Å². The maximum absolute atomic E-state index is 12.2. The number of halogens is 1. The minimum atomic E-state index is -0.841. The molecule has 1 aromatic rings. The number of nitrogens with zero attached hydrogens (tertiary/aromatic N) is 1. The lowest BCUT2D eigenvalue weighted by atomic mass is 9.86. The molecular formula is C15H19ClN2O3. The number of pyridine rings is 1. The molecule has 1 aromatic heterocycles. The van der Waals surface area contributed by atoms with E-state index in [0.717, 1.165) is 25.7 Å². The van der Waals surface area contributed by atoms with Gasteiger partial charge in [-0.15, -0.1) is 0 Å². The van der Waals surface area contributed by atoms with E-state index >= 15 is 0 Å². The van der Waals surface area contributed by atoms with Gasteiger partial charge in [0.2, 0.25) is 0 Å². The normalized spacial score (nSPS) is 22.9. The summed E-state index contributed by atoms with van der Waals surface area (Å²) < 4.78 is 0. The van der Waals surface area contributed by atoms with Crippen LogP contribution in [0.15, 0.2) is 18.3 Å². The van der Waals surface area contributed by atoms with E-state index in [4.69, 9.17) is 11.6 Å². The van der Waals surface area contributed by atoms with E-state index < -0.39 is 11.9 Å². The molecule has 21 heavy (non-hydrogen) atoms. The lowest BCUT2D eigenvalue weighted by molar-refractivity contribution is -0.143. The Morgan fingerprint density at radius 1 is 1.19 bits per heavy atom. The summed E-state index contributed by atoms with van der Waals surface area (Å²) in [7, 11) is 0. The van der Waals surface area contributed by atoms with E-state index in [1.165, 1.54) is 12.3 Å². The first-order valence-corrected chi connectivity index (χ1v) is 7.61. The minimum Gasteiger partial charge on any atom is -0.481 e. The van der Waals surface area contributed by atoms with E-state index in [0.29, 0.717) is 17.9 Å². The van der Waals surface area contributed by atoms with Gasteiger partial charge in [0.05, 0.1) is 10.9 Å². The molecule has 6 heteroatoms. The Balaban J connectivity index is 2.07. The molecule has 0 saturated heterocycles. The van der Waals surface area contributed by atoms with Crippen LogP contribution in [0, 0.1) is 5.92 Å². The molecule has 0 spiro atoms. The number of aliphatic carboxylic acids is 1. The van der Waals surface area contributed by atoms with Crippen LogP contribution in [0.2, 0.25) is 5.02 Å². The highest BCUT2D eigenvalue weighted by molar-refractivity contribution is 6.30. The Hall–Kier alpha value is -1.62. The number of carbonyl (C=O) groups excluding carboxylic acids is 1. The summed E-state index contributed by atoms with van der Waals surface area (Å²) in [5.74, 6) is -1.71. The summed E-state index contributed by atoms with van der Waals surface area (Å²) in [5.41, 5.74) is 0.255. The van der Waals surface area contributed by atoms with Crippen molar-refractivity contribution in [1.29, 1.82) is 0 Å². The van der Waals surface area contributed by atoms with Crippen molar-refractivity contribution in [1.82, 2.24) is 10.3 Å². The molecule has 1 saturated carbocycles. The molecule has 1 aliphatic rings. The monoisotopic (exact) mass is 310 g/mol. The van der Waals surface area contributed by atoms with Gasteiger partial charge in [-0.1, -0.05) is 37.3 Å². The Kier molecular flexibility index (Phi) is 5.56. The third kappa shape index (κ3) is 4.43. The van der Waals surface area contributed by atoms with Crippen molar-refractivity contribution in [3.63, 3.8) is 0 Å². The Morgan fingerprint density at radius 3 is 2.52 bits per heavy atom. The molecule has 1 heterocycles. The van der Waals surface area contributed by atoms with Gasteiger partial charge >= 0.3 is 5.97 Å². The largest absolute Gasteiger partial charge is 0.481 e. The Bertz CT molecular complexity index is 504. The highest BCUT2D eigenvalue weighted by atomic mass is 35.5. The molecule has 1 fully saturated rings. The first-order valence-electron chi connectivity index (χ1n) is 7.23. The molecule has 0 aromatic carbocycles. The van der Waals surface area contributed by atoms with Crippen LogP contribution in [0.5, 0.6) is 0 Å². The standard InChI is InChI=1S/C15H19ClN2O3/c16-10-7-8-13(17-9-10)14(19)18-12-6-4-2-1-3-5-11(12)15(20)21/h7-9,11-12H,1-6H2,(H,18,19)(H,20,21). The van der Waals surface area contributed by atoms with E-state index in [1.807, 2.05) is 0 Å². The average Bonchev–Trinajstić information content (AvgIpc) is 2.42. The fourth-order valence-corrected chi connectivity index (χ4v) is 2.82. The third-order valence-electron chi connectivity index (χ3n) is 3.86. The summed E-state index contributed by atoms with van der Waals surface area (Å²) in [6.45, 7) is 0. The van der Waals surface area contributed by atoms with Crippen molar-refractivity contribution >= 4 is 23.5 Å². The van der Waals surface area contributed by atoms with Crippen LogP contribution < -0.4 is 5.32 Å². The van der Waals surface area contributed by atoms with Crippen molar-refractivity contribution in [2.24, 2.45) is 5.92 Å². The van der Waals surface area contributed by atoms with Crippen molar-refractivity contribution in [3.05, 3.63) is 29.0 Å². The fraction of sp³-hybridized carbons (Fsp3) is 0.533. The number of carbonyl (C=O) groups is 2. The molecule has 0 aliphatic heterocycles. The zero-order valence-electron chi connectivity index (χ0n) is 11.7. The van der Waals surface area contributed by atoms with Gasteiger partial charge < -0.3 is 10.4 Å². The van der Waals surface area contributed by atoms with Crippen LogP contribution in [0.1, 0.15) is 49.0 Å². The number of carboxylic acids is 1. The van der Waals surface area contributed by atoms with Gasteiger partial charge in [0.1, 0.15) is 5.69 Å². The summed E-state index contributed by atoms with van der Waals surface area (Å²) in [5, 5.41) is 12.6. The first-order chi connectivity index (χ1) is 10.1. The van der Waals surface area contributed by atoms with Crippen molar-refractivity contribution in [2.45, 2.75) is 44.6 Å². The van der Waals surface area contributed by atoms with Crippen molar-refractivity contribution in [3.8, 4) is 0 Å². The molecule has 1 aliphatic carbocycles. The molecule has 5 nitrogen and oxygen atoms in total. The summed E-state index contributed by atoms with van der Waals surface area (Å²) >= 11 is 5.74. The summed E-state index contributed by atoms with van der Waals surface area (Å²) in [6, 6.07) is 2.79. The van der Waals surface area contributed by atoms with Gasteiger partial charge in [-0.05, 0) is 25.0 Å². The number of hydrogen-bond acceptors (Lipinski definition) is 3. The maximum Gasteiger partial charge on any atom is 0.308 e. The predicted molar refractivity (Wildman–Crippen MR) is 79.3 cm³/mol. The minimum absolute atomic E-state index is 0.255. The Morgan fingerprint density at radius 2 is 1.90 bits per heavy atom. The van der Waals surface area contributed by atoms with Gasteiger partial charge in [-0.2, -0.15) is 0 Å². The van der Waals surface area contributed by atoms with Crippen LogP contribution in [0.25, 0.3) is 0 Å². The zero-order chi connectivity index (χ0) is 15.2. The van der Waals surface area contributed by atoms with Gasteiger partial charge in [0, 0.05) is 12.2 Å². The zero-order valence-corrected chi connectivity index (χ0v) is 12.5. The van der Waals surface area contributed by atoms with E-state index in [1.54, 1.807) is 6.07 Å². The fourth-order valence-electron chi connectivity index (χ4n) is 2.71. The van der Waals surface area contributed by atoms with Gasteiger partial charge in [-0.3, -0.25) is 9.59 Å². The summed E-state index contributed by atoms with van der Waals surface area (Å²) in [6.07, 6.45) is 6.67. The second-order valence-electron chi connectivity index (χ2n) is 5.38. The molecule has 0 bridgehead atoms. The average molecular weight is 311 g/mol. The quantitative estimate of drug-likeness (QED) is 0.899. The second-order valence-corrected chi connectivity index (χ2v) is 5.81. The number of hydrogen-bond donors (Lipinski definition) is 2. The van der Waals surface area contributed by atoms with Crippen LogP contribution in [0.3, 0.4) is 0 Å². The molecule has 1 amide bonds. The van der Waals surface area contributed by atoms with Crippen LogP contribution >= 0.6 is 11.6 Å². The number of amides is 1. The molecular weight excluding hydrogens is 292 g/mol. The molecule has 2 N–H and O–H groups in total. The topological polar surface area (TPSA) is 79.3 Å². The first kappa shape index (κ1) is 15.8. The smallest absolute Gasteiger partial charge is 0.308 e. The van der Waals surface area contributed by atoms with Gasteiger partial charge in [0.15, 0.2) is 0 Å². The number of rotatable bonds is 3. The van der Waals surface area contributed by atoms with E-state index in [-0.39, 0.29) is 17.6 Å². The highest BCUT2D eigenvalue weighted by Gasteiger charge is 2.30. The number of carboxylic acid groups (broad SMARTS) is 1. The number of nitrogens with one attached hydrogen (secondary N) is 1.